The molecule has 2 N–H and O–H groups in total. The minimum Gasteiger partial charge on any atom is -0.340 e. The number of hydrogen-bond acceptors (Lipinski definition) is 4. The van der Waals surface area contributed by atoms with Gasteiger partial charge in [-0.25, -0.2) is 0 Å². The highest BCUT2D eigenvalue weighted by atomic mass is 28.5. The highest BCUT2D eigenvalue weighted by Crippen LogP contribution is 2.15. The first-order chi connectivity index (χ1) is 8.74. The predicted molar refractivity (Wildman–Crippen MR) is 95.4 cm³/mol. The average molecular weight is 321 g/mol. The highest BCUT2D eigenvalue weighted by molar-refractivity contribution is 6.91. The molecule has 0 aromatic carbocycles. The number of nitrogens with two attached hydrogens (primary N) is 1. The molecule has 116 valence electrons. The molecule has 0 fully saturated rings. The van der Waals surface area contributed by atoms with Crippen molar-refractivity contribution in [2.45, 2.75) is 53.9 Å². The molecule has 0 saturated carbocycles. The van der Waals surface area contributed by atoms with E-state index in [0.717, 1.165) is 26.2 Å². The molecular weight excluding hydrogens is 284 g/mol. The molecule has 0 aliphatic carbocycles. The van der Waals surface area contributed by atoms with E-state index in [9.17, 15) is 0 Å². The zero-order valence-corrected chi connectivity index (χ0v) is 17.7. The molecule has 0 radical (unpaired) electrons. The SMILES string of the molecule is CCN(CC)[SiH](C)N([SiH](C)N(CC)CC)[Si](C)(C)N. The molecule has 7 heteroatoms. The lowest BCUT2D eigenvalue weighted by molar-refractivity contribution is 0.434. The highest BCUT2D eigenvalue weighted by Gasteiger charge is 2.38. The topological polar surface area (TPSA) is 35.7 Å². The number of hydrogen-bond donors (Lipinski definition) is 1. The van der Waals surface area contributed by atoms with Gasteiger partial charge in [0.05, 0.1) is 0 Å². The Bertz CT molecular complexity index is 222. The quantitative estimate of drug-likeness (QED) is 0.650. The van der Waals surface area contributed by atoms with Crippen LogP contribution in [0.3, 0.4) is 0 Å². The van der Waals surface area contributed by atoms with Gasteiger partial charge in [0.1, 0.15) is 0 Å². The van der Waals surface area contributed by atoms with Crippen LogP contribution in [0.5, 0.6) is 0 Å². The fraction of sp³-hybridized carbons (Fsp3) is 1.00. The van der Waals surface area contributed by atoms with Crippen molar-refractivity contribution in [2.24, 2.45) is 5.40 Å². The summed E-state index contributed by atoms with van der Waals surface area (Å²) in [6, 6.07) is 0. The Morgan fingerprint density at radius 1 is 0.789 bits per heavy atom. The zero-order chi connectivity index (χ0) is 15.2. The van der Waals surface area contributed by atoms with E-state index in [1.165, 1.54) is 0 Å². The van der Waals surface area contributed by atoms with Crippen molar-refractivity contribution in [3.05, 3.63) is 0 Å². The molecule has 0 amide bonds. The minimum absolute atomic E-state index is 1.08. The van der Waals surface area contributed by atoms with Crippen molar-refractivity contribution in [1.82, 2.24) is 13.0 Å². The van der Waals surface area contributed by atoms with Crippen LogP contribution in [0.1, 0.15) is 27.7 Å². The van der Waals surface area contributed by atoms with Crippen LogP contribution in [0.2, 0.25) is 26.2 Å². The van der Waals surface area contributed by atoms with Crippen LogP contribution in [-0.2, 0) is 0 Å². The summed E-state index contributed by atoms with van der Waals surface area (Å²) in [7, 11) is -3.88. The Balaban J connectivity index is 5.21. The van der Waals surface area contributed by atoms with Gasteiger partial charge in [-0.15, -0.1) is 0 Å². The Kier molecular flexibility index (Phi) is 8.93. The van der Waals surface area contributed by atoms with Gasteiger partial charge < -0.3 is 18.4 Å². The van der Waals surface area contributed by atoms with E-state index >= 15 is 0 Å². The van der Waals surface area contributed by atoms with Crippen LogP contribution in [0.25, 0.3) is 0 Å². The molecule has 0 bridgehead atoms. The maximum Gasteiger partial charge on any atom is 0.183 e. The van der Waals surface area contributed by atoms with Crippen molar-refractivity contribution in [2.75, 3.05) is 26.2 Å². The molecular formula is C12H36N4Si3. The van der Waals surface area contributed by atoms with Gasteiger partial charge in [-0.2, -0.15) is 0 Å². The summed E-state index contributed by atoms with van der Waals surface area (Å²) in [6.07, 6.45) is 0. The fourth-order valence-electron chi connectivity index (χ4n) is 3.13. The Morgan fingerprint density at radius 2 is 1.05 bits per heavy atom. The van der Waals surface area contributed by atoms with E-state index in [1.807, 2.05) is 0 Å². The third kappa shape index (κ3) is 5.41. The minimum atomic E-state index is -1.73. The van der Waals surface area contributed by atoms with Crippen molar-refractivity contribution < 1.29 is 0 Å². The largest absolute Gasteiger partial charge is 0.340 e. The first-order valence-electron chi connectivity index (χ1n) is 7.79. The van der Waals surface area contributed by atoms with Crippen LogP contribution in [-0.4, -0.2) is 65.8 Å². The zero-order valence-electron chi connectivity index (χ0n) is 14.4. The monoisotopic (exact) mass is 320 g/mol. The van der Waals surface area contributed by atoms with Crippen LogP contribution in [0, 0.1) is 0 Å². The summed E-state index contributed by atoms with van der Waals surface area (Å²) in [6.45, 7) is 23.3. The van der Waals surface area contributed by atoms with Crippen LogP contribution in [0.15, 0.2) is 0 Å². The molecule has 2 unspecified atom stereocenters. The first kappa shape index (κ1) is 19.5. The Hall–Kier alpha value is 0.491. The standard InChI is InChI=1S/C12H36N4Si3/c1-9-14(10-2)17(5)16(19(7,8)13)18(6)15(11-3)12-4/h17-18H,9-13H2,1-8H3. The van der Waals surface area contributed by atoms with Crippen LogP contribution in [0.4, 0.5) is 0 Å². The van der Waals surface area contributed by atoms with Gasteiger partial charge in [-0.1, -0.05) is 27.7 Å². The molecule has 0 spiro atoms. The molecule has 4 nitrogen and oxygen atoms in total. The van der Waals surface area contributed by atoms with E-state index in [1.54, 1.807) is 0 Å². The summed E-state index contributed by atoms with van der Waals surface area (Å²) < 4.78 is 8.16. The Labute approximate surface area is 125 Å². The lowest BCUT2D eigenvalue weighted by Crippen LogP contribution is -2.73. The first-order valence-corrected chi connectivity index (χ1v) is 15.2. The third-order valence-corrected chi connectivity index (χ3v) is 19.5. The molecule has 0 heterocycles. The van der Waals surface area contributed by atoms with Crippen LogP contribution < -0.4 is 5.40 Å². The van der Waals surface area contributed by atoms with Crippen molar-refractivity contribution in [3.8, 4) is 0 Å². The van der Waals surface area contributed by atoms with Gasteiger partial charge in [-0.3, -0.25) is 0 Å². The normalized spacial score (nSPS) is 16.4. The molecule has 0 saturated heterocycles. The van der Waals surface area contributed by atoms with E-state index in [2.05, 4.69) is 66.9 Å². The second kappa shape index (κ2) is 8.71. The summed E-state index contributed by atoms with van der Waals surface area (Å²) in [5, 5.41) is 6.66. The second-order valence-electron chi connectivity index (χ2n) is 5.77. The van der Waals surface area contributed by atoms with Gasteiger partial charge in [0, 0.05) is 0 Å². The molecule has 0 aliphatic rings. The predicted octanol–water partition coefficient (Wildman–Crippen LogP) is 1.33. The number of rotatable bonds is 9. The third-order valence-electron chi connectivity index (χ3n) is 4.15. The lowest BCUT2D eigenvalue weighted by atomic mass is 10.7. The smallest absolute Gasteiger partial charge is 0.183 e. The summed E-state index contributed by atoms with van der Waals surface area (Å²) >= 11 is 0. The van der Waals surface area contributed by atoms with E-state index in [-0.39, 0.29) is 0 Å². The number of nitrogens with zero attached hydrogens (tertiary/aromatic N) is 3. The molecule has 0 aromatic heterocycles. The van der Waals surface area contributed by atoms with Gasteiger partial charge >= 0.3 is 0 Å². The van der Waals surface area contributed by atoms with Gasteiger partial charge in [-0.05, 0) is 52.4 Å². The molecule has 19 heavy (non-hydrogen) atoms. The summed E-state index contributed by atoms with van der Waals surface area (Å²) in [4.78, 5) is 0. The molecule has 0 rings (SSSR count). The van der Waals surface area contributed by atoms with E-state index in [0.29, 0.717) is 0 Å². The molecule has 0 aromatic rings. The summed E-state index contributed by atoms with van der Waals surface area (Å²) in [5.41, 5.74) is 0. The average Bonchev–Trinajstić information content (AvgIpc) is 2.30. The summed E-state index contributed by atoms with van der Waals surface area (Å²) in [5.74, 6) is 0. The van der Waals surface area contributed by atoms with Crippen LogP contribution >= 0.6 is 0 Å². The Morgan fingerprint density at radius 3 is 1.21 bits per heavy atom. The van der Waals surface area contributed by atoms with E-state index < -0.39 is 26.6 Å². The van der Waals surface area contributed by atoms with Crippen molar-refractivity contribution >= 4 is 26.6 Å². The maximum atomic E-state index is 6.66. The maximum absolute atomic E-state index is 6.66. The molecule has 0 aliphatic heterocycles. The molecule has 2 atom stereocenters. The van der Waals surface area contributed by atoms with Gasteiger partial charge in [0.15, 0.2) is 26.6 Å². The van der Waals surface area contributed by atoms with Gasteiger partial charge in [0.25, 0.3) is 0 Å². The van der Waals surface area contributed by atoms with Gasteiger partial charge in [0.2, 0.25) is 0 Å². The van der Waals surface area contributed by atoms with Crippen molar-refractivity contribution in [3.63, 3.8) is 0 Å². The second-order valence-corrected chi connectivity index (χ2v) is 16.3. The lowest BCUT2D eigenvalue weighted by Gasteiger charge is -2.48. The fourth-order valence-corrected chi connectivity index (χ4v) is 18.3. The van der Waals surface area contributed by atoms with Crippen molar-refractivity contribution in [1.29, 1.82) is 0 Å². The van der Waals surface area contributed by atoms with E-state index in [4.69, 9.17) is 5.40 Å².